The lowest BCUT2D eigenvalue weighted by molar-refractivity contribution is -0.161. The monoisotopic (exact) mass is 608 g/mol. The van der Waals surface area contributed by atoms with Gasteiger partial charge in [0.2, 0.25) is 0 Å². The molecule has 0 spiro atoms. The van der Waals surface area contributed by atoms with Crippen molar-refractivity contribution >= 4 is 11.9 Å². The van der Waals surface area contributed by atoms with Gasteiger partial charge in [0.05, 0.1) is 6.61 Å². The fraction of sp³-hybridized carbons (Fsp3) is 0.538. The van der Waals surface area contributed by atoms with Gasteiger partial charge in [-0.3, -0.25) is 9.59 Å². The van der Waals surface area contributed by atoms with E-state index in [0.717, 1.165) is 83.5 Å². The van der Waals surface area contributed by atoms with Crippen LogP contribution in [0.25, 0.3) is 0 Å². The van der Waals surface area contributed by atoms with Gasteiger partial charge < -0.3 is 14.6 Å². The Morgan fingerprint density at radius 1 is 0.523 bits per heavy atom. The molecule has 0 aliphatic rings. The van der Waals surface area contributed by atoms with Crippen LogP contribution in [0.3, 0.4) is 0 Å². The van der Waals surface area contributed by atoms with Gasteiger partial charge in [-0.15, -0.1) is 0 Å². The van der Waals surface area contributed by atoms with Crippen molar-refractivity contribution in [2.24, 2.45) is 0 Å². The van der Waals surface area contributed by atoms with Crippen LogP contribution in [0.5, 0.6) is 0 Å². The van der Waals surface area contributed by atoms with Crippen molar-refractivity contribution in [3.8, 4) is 0 Å². The summed E-state index contributed by atoms with van der Waals surface area (Å²) in [5.74, 6) is -0.703. The number of hydrogen-bond donors (Lipinski definition) is 1. The van der Waals surface area contributed by atoms with E-state index in [-0.39, 0.29) is 31.6 Å². The van der Waals surface area contributed by atoms with E-state index in [0.29, 0.717) is 12.8 Å². The maximum atomic E-state index is 12.1. The minimum absolute atomic E-state index is 0.111. The zero-order chi connectivity index (χ0) is 32.2. The largest absolute Gasteiger partial charge is 0.462 e. The van der Waals surface area contributed by atoms with Crippen LogP contribution in [0.15, 0.2) is 97.2 Å². The quantitative estimate of drug-likeness (QED) is 0.0543. The Labute approximate surface area is 268 Å². The van der Waals surface area contributed by atoms with Gasteiger partial charge in [0.15, 0.2) is 6.10 Å². The molecule has 5 heteroatoms. The highest BCUT2D eigenvalue weighted by Crippen LogP contribution is 2.07. The lowest BCUT2D eigenvalue weighted by Gasteiger charge is -2.15. The Balaban J connectivity index is 3.79. The summed E-state index contributed by atoms with van der Waals surface area (Å²) in [6, 6.07) is 0. The van der Waals surface area contributed by atoms with Crippen molar-refractivity contribution in [3.63, 3.8) is 0 Å². The topological polar surface area (TPSA) is 72.8 Å². The van der Waals surface area contributed by atoms with E-state index in [4.69, 9.17) is 9.47 Å². The molecule has 1 unspecified atom stereocenters. The van der Waals surface area contributed by atoms with Gasteiger partial charge in [0.1, 0.15) is 6.61 Å². The maximum absolute atomic E-state index is 12.1. The molecule has 0 saturated carbocycles. The van der Waals surface area contributed by atoms with Crippen LogP contribution in [0.2, 0.25) is 0 Å². The maximum Gasteiger partial charge on any atom is 0.306 e. The number of allylic oxidation sites excluding steroid dienone is 16. The summed E-state index contributed by atoms with van der Waals surface area (Å²) in [6.07, 6.45) is 47.5. The number of aliphatic hydroxyl groups is 1. The van der Waals surface area contributed by atoms with E-state index in [1.54, 1.807) is 0 Å². The molecule has 0 aliphatic heterocycles. The fourth-order valence-electron chi connectivity index (χ4n) is 3.89. The average Bonchev–Trinajstić information content (AvgIpc) is 3.02. The van der Waals surface area contributed by atoms with Crippen LogP contribution in [0, 0.1) is 0 Å². The molecule has 0 amide bonds. The fourth-order valence-corrected chi connectivity index (χ4v) is 3.89. The van der Waals surface area contributed by atoms with E-state index in [1.807, 2.05) is 0 Å². The summed E-state index contributed by atoms with van der Waals surface area (Å²) in [5, 5.41) is 9.50. The normalized spacial score (nSPS) is 13.4. The summed E-state index contributed by atoms with van der Waals surface area (Å²) in [7, 11) is 0. The van der Waals surface area contributed by atoms with Crippen LogP contribution in [0.1, 0.15) is 117 Å². The third-order valence-electron chi connectivity index (χ3n) is 6.37. The molecule has 0 heterocycles. The molecule has 0 bridgehead atoms. The van der Waals surface area contributed by atoms with Gasteiger partial charge >= 0.3 is 11.9 Å². The Hall–Kier alpha value is -3.18. The highest BCUT2D eigenvalue weighted by Gasteiger charge is 2.15. The minimum atomic E-state index is -0.815. The van der Waals surface area contributed by atoms with E-state index >= 15 is 0 Å². The molecule has 0 aromatic heterocycles. The molecule has 0 fully saturated rings. The number of unbranched alkanes of at least 4 members (excludes halogenated alkanes) is 4. The number of ether oxygens (including phenoxy) is 2. The molecule has 1 N–H and O–H groups in total. The smallest absolute Gasteiger partial charge is 0.306 e. The number of rotatable bonds is 28. The molecule has 0 radical (unpaired) electrons. The third-order valence-corrected chi connectivity index (χ3v) is 6.37. The molecule has 5 nitrogen and oxygen atoms in total. The van der Waals surface area contributed by atoms with Gasteiger partial charge in [-0.1, -0.05) is 111 Å². The summed E-state index contributed by atoms with van der Waals surface area (Å²) >= 11 is 0. The third kappa shape index (κ3) is 31.7. The summed E-state index contributed by atoms with van der Waals surface area (Å²) in [6.45, 7) is 3.80. The van der Waals surface area contributed by atoms with Crippen LogP contribution in [0.4, 0.5) is 0 Å². The lowest BCUT2D eigenvalue weighted by atomic mass is 10.1. The lowest BCUT2D eigenvalue weighted by Crippen LogP contribution is -2.28. The van der Waals surface area contributed by atoms with Gasteiger partial charge in [0, 0.05) is 12.8 Å². The minimum Gasteiger partial charge on any atom is -0.462 e. The molecule has 0 aromatic carbocycles. The molecule has 0 saturated heterocycles. The Morgan fingerprint density at radius 3 is 1.27 bits per heavy atom. The molecule has 1 atom stereocenters. The Bertz CT molecular complexity index is 917. The number of carbonyl (C=O) groups is 2. The first-order valence-corrected chi connectivity index (χ1v) is 16.8. The van der Waals surface area contributed by atoms with Crippen molar-refractivity contribution < 1.29 is 24.2 Å². The molecule has 0 aliphatic carbocycles. The van der Waals surface area contributed by atoms with Crippen molar-refractivity contribution in [3.05, 3.63) is 97.2 Å². The first kappa shape index (κ1) is 40.8. The van der Waals surface area contributed by atoms with Gasteiger partial charge in [-0.25, -0.2) is 0 Å². The summed E-state index contributed by atoms with van der Waals surface area (Å²) < 4.78 is 10.5. The molecule has 246 valence electrons. The second-order valence-corrected chi connectivity index (χ2v) is 10.5. The standard InChI is InChI=1S/C39H60O5/c1-3-5-7-9-11-13-15-17-19-21-23-25-27-29-31-33-38(41)43-36-37(35-40)44-39(42)34-32-30-28-26-24-22-20-18-16-14-12-10-8-6-4-2/h5-8,11-14,17-20,23-26,37,40H,3-4,9-10,15-16,21-22,27-36H2,1-2H3/b7-5-,8-6-,13-11-,14-12-,19-17-,20-18-,25-23-,26-24-. The first-order valence-electron chi connectivity index (χ1n) is 16.8. The van der Waals surface area contributed by atoms with Crippen LogP contribution in [-0.2, 0) is 19.1 Å². The molecule has 0 aromatic rings. The summed E-state index contributed by atoms with van der Waals surface area (Å²) in [4.78, 5) is 24.1. The Morgan fingerprint density at radius 2 is 0.886 bits per heavy atom. The zero-order valence-electron chi connectivity index (χ0n) is 27.6. The van der Waals surface area contributed by atoms with E-state index in [2.05, 4.69) is 111 Å². The summed E-state index contributed by atoms with van der Waals surface area (Å²) in [5.41, 5.74) is 0. The Kier molecular flexibility index (Phi) is 31.8. The second kappa shape index (κ2) is 34.3. The van der Waals surface area contributed by atoms with E-state index in [1.165, 1.54) is 0 Å². The number of esters is 2. The molecule has 0 rings (SSSR count). The zero-order valence-corrected chi connectivity index (χ0v) is 27.6. The predicted molar refractivity (Wildman–Crippen MR) is 186 cm³/mol. The van der Waals surface area contributed by atoms with E-state index in [9.17, 15) is 14.7 Å². The number of hydrogen-bond acceptors (Lipinski definition) is 5. The van der Waals surface area contributed by atoms with Crippen molar-refractivity contribution in [2.45, 2.75) is 123 Å². The van der Waals surface area contributed by atoms with E-state index < -0.39 is 6.10 Å². The molecular weight excluding hydrogens is 548 g/mol. The van der Waals surface area contributed by atoms with Crippen LogP contribution in [-0.4, -0.2) is 36.4 Å². The number of aliphatic hydroxyl groups excluding tert-OH is 1. The molecular formula is C39H60O5. The molecule has 44 heavy (non-hydrogen) atoms. The van der Waals surface area contributed by atoms with Gasteiger partial charge in [-0.05, 0) is 89.9 Å². The highest BCUT2D eigenvalue weighted by molar-refractivity contribution is 5.70. The van der Waals surface area contributed by atoms with Crippen molar-refractivity contribution in [1.29, 1.82) is 0 Å². The second-order valence-electron chi connectivity index (χ2n) is 10.5. The van der Waals surface area contributed by atoms with Crippen LogP contribution < -0.4 is 0 Å². The predicted octanol–water partition coefficient (Wildman–Crippen LogP) is 10.2. The van der Waals surface area contributed by atoms with Gasteiger partial charge in [0.25, 0.3) is 0 Å². The first-order chi connectivity index (χ1) is 21.6. The van der Waals surface area contributed by atoms with Gasteiger partial charge in [-0.2, -0.15) is 0 Å². The average molecular weight is 609 g/mol. The number of carbonyl (C=O) groups excluding carboxylic acids is 2. The van der Waals surface area contributed by atoms with Crippen molar-refractivity contribution in [1.82, 2.24) is 0 Å². The van der Waals surface area contributed by atoms with Crippen LogP contribution >= 0.6 is 0 Å². The highest BCUT2D eigenvalue weighted by atomic mass is 16.6. The SMILES string of the molecule is CC/C=C\C/C=C\C/C=C\C/C=C\CCCCC(=O)OCC(CO)OC(=O)CCCC/C=C\C/C=C\C/C=C\C/C=C\CC. The van der Waals surface area contributed by atoms with Crippen molar-refractivity contribution in [2.75, 3.05) is 13.2 Å².